The zero-order valence-electron chi connectivity index (χ0n) is 32.4. The zero-order chi connectivity index (χ0) is 35.2. The lowest BCUT2D eigenvalue weighted by molar-refractivity contribution is -0.124. The second-order valence-corrected chi connectivity index (χ2v) is 14.9. The lowest BCUT2D eigenvalue weighted by atomic mass is 10.0. The van der Waals surface area contributed by atoms with Gasteiger partial charge in [-0.3, -0.25) is 4.79 Å². The van der Waals surface area contributed by atoms with Crippen LogP contribution in [0.5, 0.6) is 0 Å². The highest BCUT2D eigenvalue weighted by molar-refractivity contribution is 5.76. The Balaban J connectivity index is 3.51. The molecule has 5 nitrogen and oxygen atoms in total. The molecule has 0 heterocycles. The van der Waals surface area contributed by atoms with Gasteiger partial charge in [-0.25, -0.2) is 0 Å². The quantitative estimate of drug-likeness (QED) is 0.0384. The summed E-state index contributed by atoms with van der Waals surface area (Å²) in [4.78, 5) is 12.4. The minimum Gasteiger partial charge on any atom is -0.394 e. The fourth-order valence-corrected chi connectivity index (χ4v) is 6.75. The number of aliphatic hydroxyl groups is 3. The SMILES string of the molecule is CCCCCC/C=C/CCCC(O)C(O)C(CO)NC(=O)CCCCCCCCCCCCCCCCCCCCCCCCCCC. The van der Waals surface area contributed by atoms with Crippen LogP contribution in [0, 0.1) is 0 Å². The molecule has 0 aromatic heterocycles. The van der Waals surface area contributed by atoms with Gasteiger partial charge in [0.1, 0.15) is 6.10 Å². The Morgan fingerprint density at radius 2 is 0.833 bits per heavy atom. The van der Waals surface area contributed by atoms with Gasteiger partial charge in [-0.1, -0.05) is 199 Å². The third-order valence-electron chi connectivity index (χ3n) is 10.1. The highest BCUT2D eigenvalue weighted by Gasteiger charge is 2.26. The topological polar surface area (TPSA) is 89.8 Å². The van der Waals surface area contributed by atoms with Crippen molar-refractivity contribution in [3.8, 4) is 0 Å². The molecule has 0 aromatic carbocycles. The van der Waals surface area contributed by atoms with E-state index in [0.717, 1.165) is 38.5 Å². The van der Waals surface area contributed by atoms with E-state index in [1.54, 1.807) is 0 Å². The van der Waals surface area contributed by atoms with Gasteiger partial charge in [-0.15, -0.1) is 0 Å². The number of carbonyl (C=O) groups excluding carboxylic acids is 1. The van der Waals surface area contributed by atoms with E-state index in [0.29, 0.717) is 12.8 Å². The minimum absolute atomic E-state index is 0.152. The van der Waals surface area contributed by atoms with Crippen molar-refractivity contribution in [2.45, 2.75) is 250 Å². The zero-order valence-corrected chi connectivity index (χ0v) is 32.4. The predicted octanol–water partition coefficient (Wildman–Crippen LogP) is 12.0. The Labute approximate surface area is 299 Å². The Hall–Kier alpha value is -0.910. The van der Waals surface area contributed by atoms with Crippen LogP contribution in [0.4, 0.5) is 0 Å². The van der Waals surface area contributed by atoms with Crippen LogP contribution >= 0.6 is 0 Å². The molecule has 3 atom stereocenters. The number of hydrogen-bond donors (Lipinski definition) is 4. The molecule has 286 valence electrons. The predicted molar refractivity (Wildman–Crippen MR) is 208 cm³/mol. The Morgan fingerprint density at radius 1 is 0.500 bits per heavy atom. The van der Waals surface area contributed by atoms with Crippen molar-refractivity contribution >= 4 is 5.91 Å². The minimum atomic E-state index is -1.15. The summed E-state index contributed by atoms with van der Waals surface area (Å²) in [7, 11) is 0. The fraction of sp³-hybridized carbons (Fsp3) is 0.930. The Bertz CT molecular complexity index is 669. The van der Waals surface area contributed by atoms with Crippen LogP contribution in [0.1, 0.15) is 232 Å². The summed E-state index contributed by atoms with van der Waals surface area (Å²) in [5, 5.41) is 33.3. The van der Waals surface area contributed by atoms with E-state index in [1.807, 2.05) is 0 Å². The normalized spacial score (nSPS) is 13.7. The highest BCUT2D eigenvalue weighted by atomic mass is 16.3. The number of unbranched alkanes of at least 4 members (excludes halogenated alkanes) is 29. The second kappa shape index (κ2) is 38.9. The van der Waals surface area contributed by atoms with Crippen LogP contribution in [0.2, 0.25) is 0 Å². The Morgan fingerprint density at radius 3 is 1.21 bits per heavy atom. The van der Waals surface area contributed by atoms with Crippen molar-refractivity contribution in [1.82, 2.24) is 5.32 Å². The van der Waals surface area contributed by atoms with Gasteiger partial charge >= 0.3 is 0 Å². The molecule has 0 saturated heterocycles. The van der Waals surface area contributed by atoms with Crippen LogP contribution in [0.3, 0.4) is 0 Å². The maximum Gasteiger partial charge on any atom is 0.220 e. The van der Waals surface area contributed by atoms with Gasteiger partial charge in [-0.2, -0.15) is 0 Å². The fourth-order valence-electron chi connectivity index (χ4n) is 6.75. The molecule has 0 rings (SSSR count). The first kappa shape index (κ1) is 47.1. The number of amides is 1. The standard InChI is InChI=1S/C43H85NO4/c1-3-5-7-9-11-13-14-15-16-17-18-19-20-21-22-23-24-25-26-27-28-30-32-34-36-38-42(47)44-40(39-45)43(48)41(46)37-35-33-31-29-12-10-8-6-4-2/h29,31,40-41,43,45-46,48H,3-28,30,32-39H2,1-2H3,(H,44,47)/b31-29+. The maximum atomic E-state index is 12.4. The smallest absolute Gasteiger partial charge is 0.220 e. The van der Waals surface area contributed by atoms with E-state index in [2.05, 4.69) is 31.3 Å². The molecule has 0 radical (unpaired) electrons. The third kappa shape index (κ3) is 33.6. The van der Waals surface area contributed by atoms with Gasteiger partial charge in [-0.05, 0) is 38.5 Å². The van der Waals surface area contributed by atoms with E-state index < -0.39 is 18.2 Å². The van der Waals surface area contributed by atoms with Crippen molar-refractivity contribution in [2.75, 3.05) is 6.61 Å². The Kier molecular flexibility index (Phi) is 38.1. The van der Waals surface area contributed by atoms with Crippen LogP contribution < -0.4 is 5.32 Å². The van der Waals surface area contributed by atoms with Gasteiger partial charge in [0.05, 0.1) is 18.8 Å². The first-order valence-electron chi connectivity index (χ1n) is 21.5. The summed E-state index contributed by atoms with van der Waals surface area (Å²) in [6.45, 7) is 4.13. The highest BCUT2D eigenvalue weighted by Crippen LogP contribution is 2.16. The number of hydrogen-bond acceptors (Lipinski definition) is 4. The number of aliphatic hydroxyl groups excluding tert-OH is 3. The van der Waals surface area contributed by atoms with Gasteiger partial charge < -0.3 is 20.6 Å². The van der Waals surface area contributed by atoms with E-state index in [1.165, 1.54) is 167 Å². The first-order chi connectivity index (χ1) is 23.6. The monoisotopic (exact) mass is 680 g/mol. The molecule has 0 aliphatic rings. The summed E-state index contributed by atoms with van der Waals surface area (Å²) in [5.41, 5.74) is 0. The molecule has 0 spiro atoms. The summed E-state index contributed by atoms with van der Waals surface area (Å²) in [6, 6.07) is -0.819. The number of allylic oxidation sites excluding steroid dienone is 2. The maximum absolute atomic E-state index is 12.4. The average molecular weight is 680 g/mol. The van der Waals surface area contributed by atoms with Crippen molar-refractivity contribution in [3.05, 3.63) is 12.2 Å². The van der Waals surface area contributed by atoms with E-state index >= 15 is 0 Å². The number of carbonyl (C=O) groups is 1. The van der Waals surface area contributed by atoms with Crippen molar-refractivity contribution in [3.63, 3.8) is 0 Å². The third-order valence-corrected chi connectivity index (χ3v) is 10.1. The summed E-state index contributed by atoms with van der Waals surface area (Å²) in [5.74, 6) is -0.152. The lowest BCUT2D eigenvalue weighted by Crippen LogP contribution is -2.50. The molecule has 48 heavy (non-hydrogen) atoms. The molecule has 0 aliphatic carbocycles. The largest absolute Gasteiger partial charge is 0.394 e. The number of rotatable bonds is 39. The van der Waals surface area contributed by atoms with Gasteiger partial charge in [0.25, 0.3) is 0 Å². The second-order valence-electron chi connectivity index (χ2n) is 14.9. The molecule has 0 fully saturated rings. The molecule has 1 amide bonds. The first-order valence-corrected chi connectivity index (χ1v) is 21.5. The molecule has 0 saturated carbocycles. The molecule has 0 aromatic rings. The van der Waals surface area contributed by atoms with Crippen molar-refractivity contribution < 1.29 is 20.1 Å². The van der Waals surface area contributed by atoms with Gasteiger partial charge in [0.2, 0.25) is 5.91 Å². The molecular formula is C43H85NO4. The number of nitrogens with one attached hydrogen (secondary N) is 1. The molecule has 5 heteroatoms. The van der Waals surface area contributed by atoms with Crippen molar-refractivity contribution in [1.29, 1.82) is 0 Å². The van der Waals surface area contributed by atoms with Crippen LogP contribution in [-0.2, 0) is 4.79 Å². The van der Waals surface area contributed by atoms with Crippen LogP contribution in [0.15, 0.2) is 12.2 Å². The summed E-state index contributed by atoms with van der Waals surface area (Å²) in [6.07, 6.45) is 44.9. The summed E-state index contributed by atoms with van der Waals surface area (Å²) >= 11 is 0. The molecular weight excluding hydrogens is 594 g/mol. The molecule has 3 unspecified atom stereocenters. The van der Waals surface area contributed by atoms with Crippen LogP contribution in [0.25, 0.3) is 0 Å². The van der Waals surface area contributed by atoms with E-state index in [-0.39, 0.29) is 12.5 Å². The van der Waals surface area contributed by atoms with Crippen molar-refractivity contribution in [2.24, 2.45) is 0 Å². The van der Waals surface area contributed by atoms with E-state index in [4.69, 9.17) is 0 Å². The molecule has 0 aliphatic heterocycles. The van der Waals surface area contributed by atoms with E-state index in [9.17, 15) is 20.1 Å². The molecule has 0 bridgehead atoms. The average Bonchev–Trinajstić information content (AvgIpc) is 3.09. The van der Waals surface area contributed by atoms with Gasteiger partial charge in [0.15, 0.2) is 0 Å². The van der Waals surface area contributed by atoms with Gasteiger partial charge in [0, 0.05) is 6.42 Å². The summed E-state index contributed by atoms with van der Waals surface area (Å²) < 4.78 is 0. The molecule has 4 N–H and O–H groups in total. The lowest BCUT2D eigenvalue weighted by Gasteiger charge is -2.26. The van der Waals surface area contributed by atoms with Crippen LogP contribution in [-0.4, -0.2) is 46.1 Å².